The molecule has 4 nitrogen and oxygen atoms in total. The van der Waals surface area contributed by atoms with Gasteiger partial charge in [0.05, 0.1) is 6.07 Å². The van der Waals surface area contributed by atoms with E-state index in [9.17, 15) is 0 Å². The van der Waals surface area contributed by atoms with Crippen molar-refractivity contribution in [3.05, 3.63) is 0 Å². The lowest BCUT2D eigenvalue weighted by atomic mass is 9.99. The number of rotatable bonds is 6. The summed E-state index contributed by atoms with van der Waals surface area (Å²) in [5, 5.41) is 8.86. The Bertz CT molecular complexity index is 295. The van der Waals surface area contributed by atoms with E-state index in [0.29, 0.717) is 0 Å². The fourth-order valence-corrected chi connectivity index (χ4v) is 2.59. The molecule has 0 aromatic heterocycles. The third-order valence-corrected chi connectivity index (χ3v) is 4.10. The Morgan fingerprint density at radius 3 is 2.39 bits per heavy atom. The van der Waals surface area contributed by atoms with E-state index >= 15 is 0 Å². The molecule has 2 fully saturated rings. The van der Waals surface area contributed by atoms with Gasteiger partial charge in [-0.15, -0.1) is 0 Å². The maximum Gasteiger partial charge on any atom is 0.101 e. The first kappa shape index (κ1) is 13.8. The SMILES string of the molecule is CC(N)(C#N)CCCN1CCN(CC2CC2)CC1. The minimum atomic E-state index is -0.645. The zero-order chi connectivity index (χ0) is 13.0. The predicted octanol–water partition coefficient (Wildman–Crippen LogP) is 1.04. The molecule has 1 aliphatic carbocycles. The average molecular weight is 250 g/mol. The van der Waals surface area contributed by atoms with Crippen LogP contribution in [0.2, 0.25) is 0 Å². The molecule has 4 heteroatoms. The van der Waals surface area contributed by atoms with Crippen LogP contribution in [0.25, 0.3) is 0 Å². The summed E-state index contributed by atoms with van der Waals surface area (Å²) < 4.78 is 0. The fraction of sp³-hybridized carbons (Fsp3) is 0.929. The van der Waals surface area contributed by atoms with Crippen molar-refractivity contribution >= 4 is 0 Å². The van der Waals surface area contributed by atoms with Crippen LogP contribution in [0.3, 0.4) is 0 Å². The van der Waals surface area contributed by atoms with Gasteiger partial charge in [-0.25, -0.2) is 0 Å². The molecule has 2 aliphatic rings. The summed E-state index contributed by atoms with van der Waals surface area (Å²) in [5.74, 6) is 1.00. The maximum absolute atomic E-state index is 8.86. The lowest BCUT2D eigenvalue weighted by Gasteiger charge is -2.35. The first-order valence-electron chi connectivity index (χ1n) is 7.24. The molecule has 0 amide bonds. The van der Waals surface area contributed by atoms with E-state index in [1.165, 1.54) is 45.6 Å². The number of hydrogen-bond acceptors (Lipinski definition) is 4. The maximum atomic E-state index is 8.86. The highest BCUT2D eigenvalue weighted by atomic mass is 15.3. The first-order chi connectivity index (χ1) is 8.59. The van der Waals surface area contributed by atoms with Gasteiger partial charge in [0.2, 0.25) is 0 Å². The number of piperazine rings is 1. The van der Waals surface area contributed by atoms with Crippen molar-refractivity contribution in [3.8, 4) is 6.07 Å². The average Bonchev–Trinajstić information content (AvgIpc) is 3.15. The molecule has 102 valence electrons. The molecule has 1 aliphatic heterocycles. The van der Waals surface area contributed by atoms with E-state index in [1.807, 2.05) is 6.92 Å². The predicted molar refractivity (Wildman–Crippen MR) is 73.0 cm³/mol. The van der Waals surface area contributed by atoms with Crippen LogP contribution in [0.1, 0.15) is 32.6 Å². The molecule has 2 N–H and O–H groups in total. The summed E-state index contributed by atoms with van der Waals surface area (Å²) in [7, 11) is 0. The summed E-state index contributed by atoms with van der Waals surface area (Å²) in [6.45, 7) is 9.03. The van der Waals surface area contributed by atoms with Crippen molar-refractivity contribution in [2.24, 2.45) is 11.7 Å². The van der Waals surface area contributed by atoms with Gasteiger partial charge in [-0.3, -0.25) is 0 Å². The standard InChI is InChI=1S/C14H26N4/c1-14(16,12-15)5-2-6-17-7-9-18(10-8-17)11-13-3-4-13/h13H,2-11,16H2,1H3. The molecule has 0 spiro atoms. The van der Waals surface area contributed by atoms with Crippen LogP contribution in [-0.2, 0) is 0 Å². The van der Waals surface area contributed by atoms with Crippen LogP contribution in [0.5, 0.6) is 0 Å². The second-order valence-corrected chi connectivity index (χ2v) is 6.22. The Morgan fingerprint density at radius 2 is 1.83 bits per heavy atom. The summed E-state index contributed by atoms with van der Waals surface area (Å²) in [6.07, 6.45) is 4.72. The molecule has 2 rings (SSSR count). The highest BCUT2D eigenvalue weighted by Crippen LogP contribution is 2.29. The molecule has 0 bridgehead atoms. The van der Waals surface area contributed by atoms with Crippen molar-refractivity contribution in [2.75, 3.05) is 39.3 Å². The molecule has 1 unspecified atom stereocenters. The largest absolute Gasteiger partial charge is 0.314 e. The topological polar surface area (TPSA) is 56.3 Å². The quantitative estimate of drug-likeness (QED) is 0.765. The minimum absolute atomic E-state index is 0.645. The molecule has 18 heavy (non-hydrogen) atoms. The Balaban J connectivity index is 1.57. The van der Waals surface area contributed by atoms with Crippen molar-refractivity contribution in [3.63, 3.8) is 0 Å². The lowest BCUT2D eigenvalue weighted by molar-refractivity contribution is 0.126. The molecule has 0 aromatic rings. The third kappa shape index (κ3) is 4.56. The van der Waals surface area contributed by atoms with Gasteiger partial charge < -0.3 is 15.5 Å². The van der Waals surface area contributed by atoms with Crippen molar-refractivity contribution < 1.29 is 0 Å². The van der Waals surface area contributed by atoms with Gasteiger partial charge in [0.15, 0.2) is 0 Å². The highest BCUT2D eigenvalue weighted by Gasteiger charge is 2.26. The normalized spacial score (nSPS) is 25.6. The number of nitrogens with zero attached hydrogens (tertiary/aromatic N) is 3. The van der Waals surface area contributed by atoms with E-state index < -0.39 is 5.54 Å². The van der Waals surface area contributed by atoms with Gasteiger partial charge in [0, 0.05) is 32.7 Å². The molecular formula is C14H26N4. The van der Waals surface area contributed by atoms with Crippen molar-refractivity contribution in [2.45, 2.75) is 38.1 Å². The number of nitrogens with two attached hydrogens (primary N) is 1. The van der Waals surface area contributed by atoms with Gasteiger partial charge >= 0.3 is 0 Å². The number of hydrogen-bond donors (Lipinski definition) is 1. The fourth-order valence-electron chi connectivity index (χ4n) is 2.59. The van der Waals surface area contributed by atoms with Crippen LogP contribution < -0.4 is 5.73 Å². The van der Waals surface area contributed by atoms with Gasteiger partial charge in [-0.1, -0.05) is 0 Å². The van der Waals surface area contributed by atoms with E-state index in [4.69, 9.17) is 11.0 Å². The molecule has 1 saturated carbocycles. The first-order valence-corrected chi connectivity index (χ1v) is 7.24. The van der Waals surface area contributed by atoms with Crippen LogP contribution in [0, 0.1) is 17.2 Å². The van der Waals surface area contributed by atoms with Crippen molar-refractivity contribution in [1.29, 1.82) is 5.26 Å². The van der Waals surface area contributed by atoms with Gasteiger partial charge in [-0.2, -0.15) is 5.26 Å². The van der Waals surface area contributed by atoms with Crippen LogP contribution in [-0.4, -0.2) is 54.6 Å². The van der Waals surface area contributed by atoms with Gasteiger partial charge in [0.25, 0.3) is 0 Å². The van der Waals surface area contributed by atoms with Crippen LogP contribution in [0.15, 0.2) is 0 Å². The summed E-state index contributed by atoms with van der Waals surface area (Å²) in [4.78, 5) is 5.12. The monoisotopic (exact) mass is 250 g/mol. The molecular weight excluding hydrogens is 224 g/mol. The zero-order valence-corrected chi connectivity index (χ0v) is 11.6. The second-order valence-electron chi connectivity index (χ2n) is 6.22. The van der Waals surface area contributed by atoms with Crippen LogP contribution in [0.4, 0.5) is 0 Å². The molecule has 1 atom stereocenters. The highest BCUT2D eigenvalue weighted by molar-refractivity contribution is 5.00. The molecule has 0 radical (unpaired) electrons. The molecule has 1 heterocycles. The van der Waals surface area contributed by atoms with Gasteiger partial charge in [-0.05, 0) is 45.1 Å². The third-order valence-electron chi connectivity index (χ3n) is 4.10. The second kappa shape index (κ2) is 6.01. The van der Waals surface area contributed by atoms with E-state index in [-0.39, 0.29) is 0 Å². The Kier molecular flexibility index (Phi) is 4.60. The summed E-state index contributed by atoms with van der Waals surface area (Å²) in [5.41, 5.74) is 5.18. The molecule has 0 aromatic carbocycles. The summed E-state index contributed by atoms with van der Waals surface area (Å²) in [6, 6.07) is 2.17. The smallest absolute Gasteiger partial charge is 0.101 e. The summed E-state index contributed by atoms with van der Waals surface area (Å²) >= 11 is 0. The molecule has 1 saturated heterocycles. The van der Waals surface area contributed by atoms with Crippen LogP contribution >= 0.6 is 0 Å². The van der Waals surface area contributed by atoms with E-state index in [2.05, 4.69) is 15.9 Å². The zero-order valence-electron chi connectivity index (χ0n) is 11.6. The Morgan fingerprint density at radius 1 is 1.22 bits per heavy atom. The van der Waals surface area contributed by atoms with Gasteiger partial charge in [0.1, 0.15) is 5.54 Å². The lowest BCUT2D eigenvalue weighted by Crippen LogP contribution is -2.47. The Labute approximate surface area is 111 Å². The van der Waals surface area contributed by atoms with E-state index in [1.54, 1.807) is 0 Å². The number of nitriles is 1. The minimum Gasteiger partial charge on any atom is -0.314 e. The van der Waals surface area contributed by atoms with Crippen molar-refractivity contribution in [1.82, 2.24) is 9.80 Å². The Hall–Kier alpha value is -0.630. The van der Waals surface area contributed by atoms with E-state index in [0.717, 1.165) is 25.3 Å².